The van der Waals surface area contributed by atoms with Crippen LogP contribution in [-0.4, -0.2) is 51.3 Å². The molecule has 8 heteroatoms. The number of carboxylic acid groups (broad SMARTS) is 1. The molecule has 6 nitrogen and oxygen atoms in total. The van der Waals surface area contributed by atoms with Gasteiger partial charge < -0.3 is 14.9 Å². The number of benzene rings is 3. The molecule has 0 aliphatic carbocycles. The van der Waals surface area contributed by atoms with Gasteiger partial charge in [0.05, 0.1) is 5.56 Å². The molecule has 1 aliphatic heterocycles. The molecule has 1 fully saturated rings. The van der Waals surface area contributed by atoms with Gasteiger partial charge in [0.1, 0.15) is 5.54 Å². The summed E-state index contributed by atoms with van der Waals surface area (Å²) in [5, 5.41) is 12.6. The average Bonchev–Trinajstić information content (AvgIpc) is 3.34. The molecule has 1 saturated heterocycles. The Morgan fingerprint density at radius 3 is 2.52 bits per heavy atom. The monoisotopic (exact) mass is 574 g/mol. The predicted molar refractivity (Wildman–Crippen MR) is 159 cm³/mol. The number of rotatable bonds is 10. The van der Waals surface area contributed by atoms with Crippen LogP contribution < -0.4 is 0 Å². The van der Waals surface area contributed by atoms with Crippen molar-refractivity contribution in [3.05, 3.63) is 105 Å². The van der Waals surface area contributed by atoms with Crippen molar-refractivity contribution in [2.75, 3.05) is 13.1 Å². The molecule has 2 heterocycles. The van der Waals surface area contributed by atoms with E-state index in [0.29, 0.717) is 36.4 Å². The normalized spacial score (nSPS) is 16.5. The lowest BCUT2D eigenvalue weighted by atomic mass is 9.77. The van der Waals surface area contributed by atoms with Crippen molar-refractivity contribution in [2.45, 2.75) is 44.7 Å². The first-order chi connectivity index (χ1) is 19.3. The number of carboxylic acids is 1. The SMILES string of the molecule is Cc1cccc(CC2(C(=O)N(CCCC(=O)O)Cc3cccc(Cl)c3)CCN2C(=O)c2csc3ccccc23)c1. The van der Waals surface area contributed by atoms with E-state index in [1.165, 1.54) is 11.3 Å². The quantitative estimate of drug-likeness (QED) is 0.232. The zero-order valence-electron chi connectivity index (χ0n) is 22.3. The number of likely N-dealkylation sites (tertiary alicyclic amines) is 1. The maximum absolute atomic E-state index is 14.6. The van der Waals surface area contributed by atoms with Gasteiger partial charge in [-0.25, -0.2) is 0 Å². The van der Waals surface area contributed by atoms with Crippen LogP contribution in [0.4, 0.5) is 0 Å². The van der Waals surface area contributed by atoms with Crippen molar-refractivity contribution in [3.8, 4) is 0 Å². The first kappa shape index (κ1) is 27.9. The maximum Gasteiger partial charge on any atom is 0.303 e. The molecule has 206 valence electrons. The molecule has 4 aromatic rings. The molecule has 1 atom stereocenters. The minimum Gasteiger partial charge on any atom is -0.481 e. The molecule has 1 aliphatic rings. The number of nitrogens with zero attached hydrogens (tertiary/aromatic N) is 2. The zero-order chi connectivity index (χ0) is 28.3. The summed E-state index contributed by atoms with van der Waals surface area (Å²) < 4.78 is 1.03. The van der Waals surface area contributed by atoms with E-state index >= 15 is 0 Å². The van der Waals surface area contributed by atoms with Crippen molar-refractivity contribution < 1.29 is 19.5 Å². The van der Waals surface area contributed by atoms with E-state index in [2.05, 4.69) is 6.07 Å². The fourth-order valence-corrected chi connectivity index (χ4v) is 6.69. The number of fused-ring (bicyclic) bond motifs is 1. The molecule has 0 spiro atoms. The van der Waals surface area contributed by atoms with Crippen LogP contribution in [0.15, 0.2) is 78.2 Å². The fourth-order valence-electron chi connectivity index (χ4n) is 5.54. The number of carbonyl (C=O) groups is 3. The van der Waals surface area contributed by atoms with E-state index in [-0.39, 0.29) is 31.3 Å². The lowest BCUT2D eigenvalue weighted by Crippen LogP contribution is -2.70. The Morgan fingerprint density at radius 2 is 1.80 bits per heavy atom. The lowest BCUT2D eigenvalue weighted by molar-refractivity contribution is -0.152. The first-order valence-corrected chi connectivity index (χ1v) is 14.6. The Kier molecular flexibility index (Phi) is 8.24. The van der Waals surface area contributed by atoms with Gasteiger partial charge in [-0.05, 0) is 49.1 Å². The number of hydrogen-bond acceptors (Lipinski definition) is 4. The largest absolute Gasteiger partial charge is 0.481 e. The van der Waals surface area contributed by atoms with Crippen LogP contribution in [0.2, 0.25) is 5.02 Å². The fraction of sp³-hybridized carbons (Fsp3) is 0.281. The van der Waals surface area contributed by atoms with Crippen LogP contribution in [-0.2, 0) is 22.6 Å². The van der Waals surface area contributed by atoms with Gasteiger partial charge in [0.2, 0.25) is 5.91 Å². The minimum absolute atomic E-state index is 0.0479. The van der Waals surface area contributed by atoms with Gasteiger partial charge in [-0.3, -0.25) is 14.4 Å². The summed E-state index contributed by atoms with van der Waals surface area (Å²) in [6.07, 6.45) is 1.17. The second kappa shape index (κ2) is 11.8. The molecule has 0 radical (unpaired) electrons. The number of aryl methyl sites for hydroxylation is 1. The predicted octanol–water partition coefficient (Wildman–Crippen LogP) is 6.58. The van der Waals surface area contributed by atoms with Gasteiger partial charge in [0, 0.05) is 53.0 Å². The molecule has 2 amide bonds. The standard InChI is InChI=1S/C32H31ClN2O4S/c1-22-7-4-8-23(17-22)19-32(14-16-35(32)30(38)27-21-40-28-12-3-2-11-26(27)28)31(39)34(15-6-13-29(36)37)20-24-9-5-10-25(33)18-24/h2-5,7-12,17-18,21H,6,13-16,19-20H2,1H3,(H,36,37). The summed E-state index contributed by atoms with van der Waals surface area (Å²) in [6.45, 7) is 3.02. The third-order valence-electron chi connectivity index (χ3n) is 7.57. The highest BCUT2D eigenvalue weighted by Crippen LogP contribution is 2.40. The molecule has 5 rings (SSSR count). The molecular weight excluding hydrogens is 544 g/mol. The van der Waals surface area contributed by atoms with Crippen molar-refractivity contribution in [1.29, 1.82) is 0 Å². The van der Waals surface area contributed by atoms with Crippen molar-refractivity contribution in [3.63, 3.8) is 0 Å². The van der Waals surface area contributed by atoms with Crippen LogP contribution in [0.3, 0.4) is 0 Å². The molecule has 0 saturated carbocycles. The summed E-state index contributed by atoms with van der Waals surface area (Å²) in [5.74, 6) is -1.23. The lowest BCUT2D eigenvalue weighted by Gasteiger charge is -2.53. The molecule has 1 unspecified atom stereocenters. The van der Waals surface area contributed by atoms with Crippen LogP contribution in [0.25, 0.3) is 10.1 Å². The zero-order valence-corrected chi connectivity index (χ0v) is 23.9. The number of amides is 2. The Labute approximate surface area is 242 Å². The number of hydrogen-bond donors (Lipinski definition) is 1. The van der Waals surface area contributed by atoms with Crippen molar-refractivity contribution in [2.24, 2.45) is 0 Å². The number of halogens is 1. The molecular formula is C32H31ClN2O4S. The smallest absolute Gasteiger partial charge is 0.303 e. The van der Waals surface area contributed by atoms with Gasteiger partial charge in [0.15, 0.2) is 0 Å². The molecule has 1 N–H and O–H groups in total. The summed E-state index contributed by atoms with van der Waals surface area (Å²) in [4.78, 5) is 43.4. The van der Waals surface area contributed by atoms with Crippen molar-refractivity contribution in [1.82, 2.24) is 9.80 Å². The van der Waals surface area contributed by atoms with Crippen LogP contribution in [0.1, 0.15) is 46.3 Å². The molecule has 0 bridgehead atoms. The molecule has 3 aromatic carbocycles. The Morgan fingerprint density at radius 1 is 1.02 bits per heavy atom. The number of carbonyl (C=O) groups excluding carboxylic acids is 2. The molecule has 40 heavy (non-hydrogen) atoms. The Balaban J connectivity index is 1.52. The highest BCUT2D eigenvalue weighted by atomic mass is 35.5. The average molecular weight is 575 g/mol. The minimum atomic E-state index is -1.07. The number of aliphatic carboxylic acids is 1. The van der Waals surface area contributed by atoms with E-state index in [0.717, 1.165) is 26.8 Å². The summed E-state index contributed by atoms with van der Waals surface area (Å²) in [5.41, 5.74) is 2.44. The van der Waals surface area contributed by atoms with Crippen LogP contribution in [0.5, 0.6) is 0 Å². The van der Waals surface area contributed by atoms with Gasteiger partial charge in [-0.15, -0.1) is 11.3 Å². The maximum atomic E-state index is 14.6. The Hall–Kier alpha value is -3.68. The summed E-state index contributed by atoms with van der Waals surface area (Å²) >= 11 is 7.76. The van der Waals surface area contributed by atoms with Gasteiger partial charge in [0.25, 0.3) is 5.91 Å². The van der Waals surface area contributed by atoms with E-state index in [1.54, 1.807) is 15.9 Å². The highest BCUT2D eigenvalue weighted by molar-refractivity contribution is 7.17. The van der Waals surface area contributed by atoms with E-state index in [9.17, 15) is 19.5 Å². The second-order valence-corrected chi connectivity index (χ2v) is 11.8. The van der Waals surface area contributed by atoms with Gasteiger partial charge in [-0.1, -0.05) is 71.8 Å². The second-order valence-electron chi connectivity index (χ2n) is 10.4. The first-order valence-electron chi connectivity index (χ1n) is 13.4. The molecule has 1 aromatic heterocycles. The Bertz CT molecular complexity index is 1570. The number of thiophene rings is 1. The van der Waals surface area contributed by atoms with E-state index in [1.807, 2.05) is 73.0 Å². The van der Waals surface area contributed by atoms with Crippen LogP contribution in [0, 0.1) is 6.92 Å². The third kappa shape index (κ3) is 5.76. The third-order valence-corrected chi connectivity index (χ3v) is 8.77. The van der Waals surface area contributed by atoms with Gasteiger partial charge in [-0.2, -0.15) is 0 Å². The summed E-state index contributed by atoms with van der Waals surface area (Å²) in [6, 6.07) is 23.2. The van der Waals surface area contributed by atoms with Gasteiger partial charge >= 0.3 is 5.97 Å². The van der Waals surface area contributed by atoms with Crippen molar-refractivity contribution >= 4 is 50.8 Å². The highest BCUT2D eigenvalue weighted by Gasteiger charge is 2.55. The van der Waals surface area contributed by atoms with Crippen LogP contribution >= 0.6 is 22.9 Å². The topological polar surface area (TPSA) is 77.9 Å². The van der Waals surface area contributed by atoms with E-state index in [4.69, 9.17) is 11.6 Å². The van der Waals surface area contributed by atoms with E-state index < -0.39 is 11.5 Å². The summed E-state index contributed by atoms with van der Waals surface area (Å²) in [7, 11) is 0.